The molecule has 118 valence electrons. The minimum atomic E-state index is -0.123. The van der Waals surface area contributed by atoms with Crippen LogP contribution in [0.1, 0.15) is 15.9 Å². The molecule has 0 saturated carbocycles. The summed E-state index contributed by atoms with van der Waals surface area (Å²) < 4.78 is 15.8. The smallest absolute Gasteiger partial charge is 0.231 e. The maximum absolute atomic E-state index is 12.2. The third-order valence-electron chi connectivity index (χ3n) is 3.49. The van der Waals surface area contributed by atoms with Crippen LogP contribution in [0.3, 0.4) is 0 Å². The first-order valence-electron chi connectivity index (χ1n) is 7.19. The number of benzene rings is 2. The summed E-state index contributed by atoms with van der Waals surface area (Å²) in [7, 11) is 1.61. The van der Waals surface area contributed by atoms with E-state index in [-0.39, 0.29) is 12.6 Å². The number of carbonyl (C=O) groups excluding carboxylic acids is 1. The van der Waals surface area contributed by atoms with Crippen LogP contribution in [-0.4, -0.2) is 19.7 Å². The number of ether oxygens (including phenoxy) is 3. The number of hydrogen-bond acceptors (Lipinski definition) is 5. The highest BCUT2D eigenvalue weighted by molar-refractivity contribution is 6.05. The van der Waals surface area contributed by atoms with Crippen molar-refractivity contribution in [3.63, 3.8) is 0 Å². The Labute approximate surface area is 134 Å². The first-order chi connectivity index (χ1) is 11.2. The Morgan fingerprint density at radius 2 is 2.00 bits per heavy atom. The number of nitrogens with one attached hydrogen (secondary N) is 1. The summed E-state index contributed by atoms with van der Waals surface area (Å²) in [4.78, 5) is 12.2. The first-order valence-corrected chi connectivity index (χ1v) is 7.19. The molecule has 2 aromatic rings. The van der Waals surface area contributed by atoms with Gasteiger partial charge in [-0.15, -0.1) is 0 Å². The van der Waals surface area contributed by atoms with Gasteiger partial charge >= 0.3 is 0 Å². The Hall–Kier alpha value is -2.95. The van der Waals surface area contributed by atoms with Crippen molar-refractivity contribution < 1.29 is 19.0 Å². The number of ketones is 1. The van der Waals surface area contributed by atoms with Gasteiger partial charge in [-0.05, 0) is 42.8 Å². The van der Waals surface area contributed by atoms with E-state index < -0.39 is 0 Å². The molecule has 1 aliphatic rings. The largest absolute Gasteiger partial charge is 0.495 e. The van der Waals surface area contributed by atoms with Crippen molar-refractivity contribution in [2.45, 2.75) is 6.92 Å². The predicted octanol–water partition coefficient (Wildman–Crippen LogP) is 3.54. The van der Waals surface area contributed by atoms with Gasteiger partial charge in [0.15, 0.2) is 17.3 Å². The number of aryl methyl sites for hydroxylation is 1. The SMILES string of the molecule is COc1ccc(C)cc1N/C=C/C(=O)c1ccc2c(c1)OCO2. The summed E-state index contributed by atoms with van der Waals surface area (Å²) in [6.07, 6.45) is 3.07. The maximum atomic E-state index is 12.2. The van der Waals surface area contributed by atoms with Gasteiger partial charge in [-0.2, -0.15) is 0 Å². The summed E-state index contributed by atoms with van der Waals surface area (Å²) in [5.74, 6) is 1.85. The van der Waals surface area contributed by atoms with E-state index in [1.807, 2.05) is 25.1 Å². The topological polar surface area (TPSA) is 56.8 Å². The zero-order valence-electron chi connectivity index (χ0n) is 13.0. The Balaban J connectivity index is 1.71. The highest BCUT2D eigenvalue weighted by Crippen LogP contribution is 2.32. The average Bonchev–Trinajstić information content (AvgIpc) is 3.02. The fourth-order valence-electron chi connectivity index (χ4n) is 2.29. The summed E-state index contributed by atoms with van der Waals surface area (Å²) in [6.45, 7) is 2.18. The van der Waals surface area contributed by atoms with Gasteiger partial charge in [-0.25, -0.2) is 0 Å². The van der Waals surface area contributed by atoms with E-state index in [4.69, 9.17) is 14.2 Å². The van der Waals surface area contributed by atoms with Gasteiger partial charge < -0.3 is 19.5 Å². The molecule has 0 radical (unpaired) electrons. The molecule has 1 N–H and O–H groups in total. The Kier molecular flexibility index (Phi) is 4.19. The van der Waals surface area contributed by atoms with Crippen molar-refractivity contribution in [2.24, 2.45) is 0 Å². The number of carbonyl (C=O) groups is 1. The lowest BCUT2D eigenvalue weighted by molar-refractivity contribution is 0.104. The molecule has 1 aliphatic heterocycles. The van der Waals surface area contributed by atoms with Gasteiger partial charge in [0, 0.05) is 17.8 Å². The second kappa shape index (κ2) is 6.44. The molecule has 0 unspecified atom stereocenters. The van der Waals surface area contributed by atoms with Crippen LogP contribution in [0.25, 0.3) is 0 Å². The third-order valence-corrected chi connectivity index (χ3v) is 3.49. The molecule has 5 heteroatoms. The van der Waals surface area contributed by atoms with Crippen molar-refractivity contribution in [1.29, 1.82) is 0 Å². The third kappa shape index (κ3) is 3.29. The fourth-order valence-corrected chi connectivity index (χ4v) is 2.29. The summed E-state index contributed by atoms with van der Waals surface area (Å²) in [5.41, 5.74) is 2.45. The molecule has 2 aromatic carbocycles. The van der Waals surface area contributed by atoms with Crippen LogP contribution < -0.4 is 19.5 Å². The quantitative estimate of drug-likeness (QED) is 0.676. The molecule has 23 heavy (non-hydrogen) atoms. The normalized spacial score (nSPS) is 12.4. The lowest BCUT2D eigenvalue weighted by Crippen LogP contribution is -1.98. The van der Waals surface area contributed by atoms with Crippen LogP contribution in [0.4, 0.5) is 5.69 Å². The lowest BCUT2D eigenvalue weighted by Gasteiger charge is -2.08. The van der Waals surface area contributed by atoms with Gasteiger partial charge in [-0.3, -0.25) is 4.79 Å². The molecule has 0 aliphatic carbocycles. The van der Waals surface area contributed by atoms with Crippen LogP contribution in [0.15, 0.2) is 48.7 Å². The van der Waals surface area contributed by atoms with E-state index in [1.165, 1.54) is 6.08 Å². The molecular weight excluding hydrogens is 294 g/mol. The second-order valence-electron chi connectivity index (χ2n) is 5.11. The second-order valence-corrected chi connectivity index (χ2v) is 5.11. The van der Waals surface area contributed by atoms with Gasteiger partial charge in [0.05, 0.1) is 12.8 Å². The Bertz CT molecular complexity index is 768. The van der Waals surface area contributed by atoms with Crippen LogP contribution in [0, 0.1) is 6.92 Å². The highest BCUT2D eigenvalue weighted by Gasteiger charge is 2.15. The van der Waals surface area contributed by atoms with Crippen molar-refractivity contribution in [1.82, 2.24) is 0 Å². The summed E-state index contributed by atoms with van der Waals surface area (Å²) in [6, 6.07) is 10.9. The number of allylic oxidation sites excluding steroid dienone is 1. The molecule has 0 spiro atoms. The zero-order chi connectivity index (χ0) is 16.2. The van der Waals surface area contributed by atoms with E-state index in [1.54, 1.807) is 31.5 Å². The van der Waals surface area contributed by atoms with Crippen molar-refractivity contribution >= 4 is 11.5 Å². The van der Waals surface area contributed by atoms with Crippen molar-refractivity contribution in [3.05, 3.63) is 59.8 Å². The zero-order valence-corrected chi connectivity index (χ0v) is 13.0. The van der Waals surface area contributed by atoms with E-state index in [2.05, 4.69) is 5.32 Å². The van der Waals surface area contributed by atoms with E-state index in [9.17, 15) is 4.79 Å². The molecule has 0 bridgehead atoms. The molecule has 0 aromatic heterocycles. The highest BCUT2D eigenvalue weighted by atomic mass is 16.7. The van der Waals surface area contributed by atoms with Crippen LogP contribution in [-0.2, 0) is 0 Å². The monoisotopic (exact) mass is 311 g/mol. The van der Waals surface area contributed by atoms with E-state index >= 15 is 0 Å². The fraction of sp³-hybridized carbons (Fsp3) is 0.167. The van der Waals surface area contributed by atoms with Crippen molar-refractivity contribution in [3.8, 4) is 17.2 Å². The molecule has 0 fully saturated rings. The predicted molar refractivity (Wildman–Crippen MR) is 87.4 cm³/mol. The van der Waals surface area contributed by atoms with Gasteiger partial charge in [0.25, 0.3) is 0 Å². The summed E-state index contributed by atoms with van der Waals surface area (Å²) in [5, 5.41) is 3.08. The molecule has 3 rings (SSSR count). The van der Waals surface area contributed by atoms with Crippen LogP contribution in [0.5, 0.6) is 17.2 Å². The number of rotatable bonds is 5. The molecular formula is C18H17NO4. The average molecular weight is 311 g/mol. The number of methoxy groups -OCH3 is 1. The Morgan fingerprint density at radius 3 is 2.83 bits per heavy atom. The number of fused-ring (bicyclic) bond motifs is 1. The minimum absolute atomic E-state index is 0.123. The van der Waals surface area contributed by atoms with Gasteiger partial charge in [0.2, 0.25) is 6.79 Å². The molecule has 0 amide bonds. The molecule has 0 saturated heterocycles. The van der Waals surface area contributed by atoms with E-state index in [0.29, 0.717) is 17.1 Å². The molecule has 0 atom stereocenters. The first kappa shape index (κ1) is 15.0. The number of anilines is 1. The summed E-state index contributed by atoms with van der Waals surface area (Å²) >= 11 is 0. The lowest BCUT2D eigenvalue weighted by atomic mass is 10.1. The van der Waals surface area contributed by atoms with E-state index in [0.717, 1.165) is 17.0 Å². The van der Waals surface area contributed by atoms with Crippen LogP contribution in [0.2, 0.25) is 0 Å². The standard InChI is InChI=1S/C18H17NO4/c1-12-3-5-16(21-2)14(9-12)19-8-7-15(20)13-4-6-17-18(10-13)23-11-22-17/h3-10,19H,11H2,1-2H3/b8-7+. The van der Waals surface area contributed by atoms with Gasteiger partial charge in [-0.1, -0.05) is 6.07 Å². The molecule has 5 nitrogen and oxygen atoms in total. The minimum Gasteiger partial charge on any atom is -0.495 e. The maximum Gasteiger partial charge on any atom is 0.231 e. The van der Waals surface area contributed by atoms with Gasteiger partial charge in [0.1, 0.15) is 5.75 Å². The Morgan fingerprint density at radius 1 is 1.17 bits per heavy atom. The van der Waals surface area contributed by atoms with Crippen LogP contribution >= 0.6 is 0 Å². The van der Waals surface area contributed by atoms with Crippen molar-refractivity contribution in [2.75, 3.05) is 19.2 Å². The molecule has 1 heterocycles. The number of hydrogen-bond donors (Lipinski definition) is 1.